The second-order valence-electron chi connectivity index (χ2n) is 8.13. The van der Waals surface area contributed by atoms with Crippen molar-refractivity contribution in [3.05, 3.63) is 76.1 Å². The summed E-state index contributed by atoms with van der Waals surface area (Å²) in [4.78, 5) is 21.1. The summed E-state index contributed by atoms with van der Waals surface area (Å²) in [7, 11) is 0. The van der Waals surface area contributed by atoms with Gasteiger partial charge in [-0.25, -0.2) is 4.99 Å². The molecule has 2 aliphatic rings. The summed E-state index contributed by atoms with van der Waals surface area (Å²) in [5.41, 5.74) is 1.81. The lowest BCUT2D eigenvalue weighted by Crippen LogP contribution is -2.44. The minimum atomic E-state index is 0.0477. The lowest BCUT2D eigenvalue weighted by Gasteiger charge is -2.35. The molecule has 0 N–H and O–H groups in total. The van der Waals surface area contributed by atoms with Crippen LogP contribution in [0, 0.1) is 5.92 Å². The fourth-order valence-electron chi connectivity index (χ4n) is 4.17. The fraction of sp³-hybridized carbons (Fsp3) is 0.308. The molecule has 1 saturated heterocycles. The summed E-state index contributed by atoms with van der Waals surface area (Å²) >= 11 is 5.03. The van der Waals surface area contributed by atoms with Crippen molar-refractivity contribution in [1.29, 1.82) is 0 Å². The van der Waals surface area contributed by atoms with E-state index in [4.69, 9.17) is 9.73 Å². The van der Waals surface area contributed by atoms with Gasteiger partial charge in [-0.1, -0.05) is 56.7 Å². The topological polar surface area (TPSA) is 41.9 Å². The summed E-state index contributed by atoms with van der Waals surface area (Å²) in [5, 5.41) is 0.774. The van der Waals surface area contributed by atoms with Gasteiger partial charge in [0.1, 0.15) is 12.4 Å². The number of benzene rings is 2. The van der Waals surface area contributed by atoms with Crippen LogP contribution < -0.4 is 4.74 Å². The Morgan fingerprint density at radius 1 is 1.22 bits per heavy atom. The number of halogens is 1. The largest absolute Gasteiger partial charge is 0.488 e. The van der Waals surface area contributed by atoms with Gasteiger partial charge in [-0.2, -0.15) is 0 Å². The number of rotatable bonds is 6. The Hall–Kier alpha value is -2.31. The van der Waals surface area contributed by atoms with E-state index >= 15 is 0 Å². The Labute approximate surface area is 202 Å². The minimum Gasteiger partial charge on any atom is -0.488 e. The highest BCUT2D eigenvalue weighted by Crippen LogP contribution is 2.40. The number of carbonyl (C=O) groups is 1. The maximum atomic E-state index is 13.6. The molecule has 6 heteroatoms. The Bertz CT molecular complexity index is 1050. The van der Waals surface area contributed by atoms with Gasteiger partial charge < -0.3 is 4.74 Å². The first-order valence-electron chi connectivity index (χ1n) is 11.0. The molecule has 1 amide bonds. The molecule has 2 atom stereocenters. The highest BCUT2D eigenvalue weighted by atomic mass is 79.9. The van der Waals surface area contributed by atoms with Gasteiger partial charge in [-0.05, 0) is 82.4 Å². The first-order valence-corrected chi connectivity index (χ1v) is 12.6. The molecule has 0 aromatic heterocycles. The zero-order chi connectivity index (χ0) is 22.5. The van der Waals surface area contributed by atoms with E-state index in [-0.39, 0.29) is 11.9 Å². The van der Waals surface area contributed by atoms with Crippen molar-refractivity contribution >= 4 is 50.5 Å². The Morgan fingerprint density at radius 3 is 2.72 bits per heavy atom. The Balaban J connectivity index is 1.66. The molecule has 1 aliphatic heterocycles. The summed E-state index contributed by atoms with van der Waals surface area (Å²) in [5.74, 6) is 1.26. The molecular weight excluding hydrogens is 484 g/mol. The number of amides is 1. The van der Waals surface area contributed by atoms with Crippen LogP contribution in [0.4, 0.5) is 5.69 Å². The van der Waals surface area contributed by atoms with Crippen molar-refractivity contribution in [3.63, 3.8) is 0 Å². The number of carbonyl (C=O) groups excluding carboxylic acids is 1. The summed E-state index contributed by atoms with van der Waals surface area (Å²) in [6, 6.07) is 15.9. The van der Waals surface area contributed by atoms with Gasteiger partial charge in [-0.3, -0.25) is 9.69 Å². The average Bonchev–Trinajstić information content (AvgIpc) is 3.08. The number of amidine groups is 1. The molecule has 0 spiro atoms. The van der Waals surface area contributed by atoms with Crippen LogP contribution in [-0.2, 0) is 4.79 Å². The van der Waals surface area contributed by atoms with Crippen LogP contribution in [0.2, 0.25) is 0 Å². The second-order valence-corrected chi connectivity index (χ2v) is 10.00. The van der Waals surface area contributed by atoms with Crippen LogP contribution in [0.3, 0.4) is 0 Å². The third-order valence-corrected chi connectivity index (χ3v) is 7.43. The van der Waals surface area contributed by atoms with Gasteiger partial charge in [0, 0.05) is 6.04 Å². The Morgan fingerprint density at radius 2 is 2.00 bits per heavy atom. The van der Waals surface area contributed by atoms with Crippen LogP contribution in [0.5, 0.6) is 5.75 Å². The maximum absolute atomic E-state index is 13.6. The summed E-state index contributed by atoms with van der Waals surface area (Å²) < 4.78 is 6.49. The van der Waals surface area contributed by atoms with E-state index in [0.717, 1.165) is 45.9 Å². The molecule has 4 nitrogen and oxygen atoms in total. The van der Waals surface area contributed by atoms with Gasteiger partial charge in [0.05, 0.1) is 15.1 Å². The quantitative estimate of drug-likeness (QED) is 0.304. The van der Waals surface area contributed by atoms with E-state index < -0.39 is 0 Å². The minimum absolute atomic E-state index is 0.0477. The standard InChI is InChI=1S/C26H27BrN2O2S/c1-3-15-31-23-14-13-19(16-21(23)27)17-24-25(30)29(22-12-8-7-9-18(22)2)26(32-24)28-20-10-5-4-6-11-20/h3-6,10-11,13-14,16-18,22H,1,7-9,12,15H2,2H3/b24-17-,28-26?/t18-,22-/m1/s1. The first kappa shape index (κ1) is 22.9. The van der Waals surface area contributed by atoms with Crippen LogP contribution in [-0.4, -0.2) is 28.6 Å². The van der Waals surface area contributed by atoms with Crippen LogP contribution >= 0.6 is 27.7 Å². The van der Waals surface area contributed by atoms with Gasteiger partial charge in [0.25, 0.3) is 5.91 Å². The zero-order valence-corrected chi connectivity index (χ0v) is 20.6. The van der Waals surface area contributed by atoms with E-state index in [0.29, 0.717) is 17.4 Å². The molecular formula is C26H27BrN2O2S. The number of aliphatic imine (C=N–C) groups is 1. The van der Waals surface area contributed by atoms with Gasteiger partial charge >= 0.3 is 0 Å². The van der Waals surface area contributed by atoms with Crippen LogP contribution in [0.1, 0.15) is 38.2 Å². The van der Waals surface area contributed by atoms with E-state index in [2.05, 4.69) is 29.4 Å². The van der Waals surface area contributed by atoms with Crippen LogP contribution in [0.25, 0.3) is 6.08 Å². The zero-order valence-electron chi connectivity index (χ0n) is 18.2. The lowest BCUT2D eigenvalue weighted by molar-refractivity contribution is -0.124. The van der Waals surface area contributed by atoms with Gasteiger partial charge in [0.15, 0.2) is 5.17 Å². The first-order chi connectivity index (χ1) is 15.6. The molecule has 4 rings (SSSR count). The SMILES string of the molecule is C=CCOc1ccc(/C=C2\SC(=Nc3ccccc3)N([C@@H]3CCCC[C@H]3C)C2=O)cc1Br. The van der Waals surface area contributed by atoms with Crippen molar-refractivity contribution in [2.24, 2.45) is 10.9 Å². The number of nitrogens with zero attached hydrogens (tertiary/aromatic N) is 2. The average molecular weight is 511 g/mol. The van der Waals surface area contributed by atoms with Crippen molar-refractivity contribution < 1.29 is 9.53 Å². The van der Waals surface area contributed by atoms with Gasteiger partial charge in [0.2, 0.25) is 0 Å². The summed E-state index contributed by atoms with van der Waals surface area (Å²) in [6.45, 7) is 6.38. The number of hydrogen-bond donors (Lipinski definition) is 0. The highest BCUT2D eigenvalue weighted by molar-refractivity contribution is 9.10. The molecule has 2 aromatic carbocycles. The van der Waals surface area contributed by atoms with Crippen molar-refractivity contribution in [3.8, 4) is 5.75 Å². The molecule has 0 unspecified atom stereocenters. The number of thioether (sulfide) groups is 1. The Kier molecular flexibility index (Phi) is 7.53. The van der Waals surface area contributed by atoms with Crippen LogP contribution in [0.15, 0.2) is 75.6 Å². The number of ether oxygens (including phenoxy) is 1. The fourth-order valence-corrected chi connectivity index (χ4v) is 5.73. The monoisotopic (exact) mass is 510 g/mol. The van der Waals surface area contributed by atoms with E-state index in [1.165, 1.54) is 18.2 Å². The molecule has 32 heavy (non-hydrogen) atoms. The van der Waals surface area contributed by atoms with E-state index in [1.807, 2.05) is 59.5 Å². The van der Waals surface area contributed by atoms with E-state index in [9.17, 15) is 4.79 Å². The molecule has 0 radical (unpaired) electrons. The lowest BCUT2D eigenvalue weighted by atomic mass is 9.85. The van der Waals surface area contributed by atoms with Gasteiger partial charge in [-0.15, -0.1) is 0 Å². The number of para-hydroxylation sites is 1. The molecule has 2 aromatic rings. The highest BCUT2D eigenvalue weighted by Gasteiger charge is 2.41. The molecule has 0 bridgehead atoms. The normalized spacial score (nSPS) is 23.7. The number of hydrogen-bond acceptors (Lipinski definition) is 4. The molecule has 2 fully saturated rings. The predicted molar refractivity (Wildman–Crippen MR) is 137 cm³/mol. The third-order valence-electron chi connectivity index (χ3n) is 5.83. The van der Waals surface area contributed by atoms with E-state index in [1.54, 1.807) is 6.08 Å². The van der Waals surface area contributed by atoms with Crippen molar-refractivity contribution in [2.75, 3.05) is 6.61 Å². The molecule has 166 valence electrons. The summed E-state index contributed by atoms with van der Waals surface area (Å²) in [6.07, 6.45) is 8.22. The van der Waals surface area contributed by atoms with Crippen molar-refractivity contribution in [1.82, 2.24) is 4.90 Å². The third kappa shape index (κ3) is 5.18. The molecule has 1 saturated carbocycles. The molecule has 1 aliphatic carbocycles. The smallest absolute Gasteiger partial charge is 0.267 e. The molecule has 1 heterocycles. The maximum Gasteiger partial charge on any atom is 0.267 e. The predicted octanol–water partition coefficient (Wildman–Crippen LogP) is 7.20. The van der Waals surface area contributed by atoms with Crippen molar-refractivity contribution in [2.45, 2.75) is 38.6 Å². The second kappa shape index (κ2) is 10.5.